The zero-order chi connectivity index (χ0) is 19.4. The summed E-state index contributed by atoms with van der Waals surface area (Å²) in [5, 5.41) is 0. The number of fused-ring (bicyclic) bond motifs is 1. The summed E-state index contributed by atoms with van der Waals surface area (Å²) in [6, 6.07) is 24.4. The average Bonchev–Trinajstić information content (AvgIpc) is 3.12. The van der Waals surface area contributed by atoms with Gasteiger partial charge in [0.2, 0.25) is 0 Å². The Hall–Kier alpha value is -2.79. The molecule has 0 N–H and O–H groups in total. The van der Waals surface area contributed by atoms with Gasteiger partial charge in [-0.15, -0.1) is 0 Å². The first-order valence-electron chi connectivity index (χ1n) is 9.50. The molecule has 1 heterocycles. The van der Waals surface area contributed by atoms with Crippen molar-refractivity contribution in [3.63, 3.8) is 0 Å². The van der Waals surface area contributed by atoms with Gasteiger partial charge in [-0.2, -0.15) is 0 Å². The van der Waals surface area contributed by atoms with Gasteiger partial charge >= 0.3 is 0 Å². The van der Waals surface area contributed by atoms with Crippen LogP contribution in [0.4, 0.5) is 5.69 Å². The molecule has 4 rings (SSSR count). The molecule has 0 radical (unpaired) electrons. The zero-order valence-corrected chi connectivity index (χ0v) is 16.4. The molecular weight excluding hydrogens is 370 g/mol. The molecule has 0 aliphatic carbocycles. The molecule has 0 bridgehead atoms. The second kappa shape index (κ2) is 8.07. The van der Waals surface area contributed by atoms with Crippen molar-refractivity contribution in [3.8, 4) is 11.5 Å². The predicted molar refractivity (Wildman–Crippen MR) is 112 cm³/mol. The smallest absolute Gasteiger partial charge is 0.178 e. The highest BCUT2D eigenvalue weighted by Gasteiger charge is 2.20. The zero-order valence-electron chi connectivity index (χ0n) is 15.6. The minimum absolute atomic E-state index is 0.143. The van der Waals surface area contributed by atoms with Crippen molar-refractivity contribution in [2.24, 2.45) is 0 Å². The fraction of sp³-hybridized carbons (Fsp3) is 0.217. The number of anilines is 1. The van der Waals surface area contributed by atoms with E-state index < -0.39 is 9.84 Å². The maximum atomic E-state index is 12.7. The molecule has 3 aromatic rings. The van der Waals surface area contributed by atoms with Crippen LogP contribution in [0.3, 0.4) is 0 Å². The predicted octanol–water partition coefficient (Wildman–Crippen LogP) is 4.71. The molecule has 0 aromatic heterocycles. The van der Waals surface area contributed by atoms with E-state index in [1.54, 1.807) is 24.3 Å². The van der Waals surface area contributed by atoms with E-state index in [-0.39, 0.29) is 5.75 Å². The Morgan fingerprint density at radius 1 is 0.821 bits per heavy atom. The van der Waals surface area contributed by atoms with Gasteiger partial charge in [-0.3, -0.25) is 0 Å². The van der Waals surface area contributed by atoms with Crippen molar-refractivity contribution in [2.75, 3.05) is 23.7 Å². The second-order valence-electron chi connectivity index (χ2n) is 6.92. The van der Waals surface area contributed by atoms with E-state index >= 15 is 0 Å². The van der Waals surface area contributed by atoms with E-state index in [1.165, 1.54) is 11.3 Å². The highest BCUT2D eigenvalue weighted by Crippen LogP contribution is 2.28. The van der Waals surface area contributed by atoms with Gasteiger partial charge in [-0.05, 0) is 60.9 Å². The Morgan fingerprint density at radius 2 is 1.50 bits per heavy atom. The standard InChI is InChI=1S/C23H23NO3S/c25-28(26,18-6-16-24-17-15-19-7-4-5-10-23(19)24)22-13-11-21(12-14-22)27-20-8-2-1-3-9-20/h1-5,7-14H,6,15-18H2. The molecule has 4 nitrogen and oxygen atoms in total. The molecule has 3 aromatic carbocycles. The molecule has 1 aliphatic rings. The molecule has 28 heavy (non-hydrogen) atoms. The summed E-state index contributed by atoms with van der Waals surface area (Å²) in [4.78, 5) is 2.62. The van der Waals surface area contributed by atoms with Gasteiger partial charge in [0.25, 0.3) is 0 Å². The minimum atomic E-state index is -3.30. The van der Waals surface area contributed by atoms with Crippen LogP contribution in [0.2, 0.25) is 0 Å². The van der Waals surface area contributed by atoms with Gasteiger partial charge in [0, 0.05) is 18.8 Å². The monoisotopic (exact) mass is 393 g/mol. The number of nitrogens with zero attached hydrogens (tertiary/aromatic N) is 1. The summed E-state index contributed by atoms with van der Waals surface area (Å²) in [6.07, 6.45) is 1.64. The molecule has 5 heteroatoms. The molecule has 0 atom stereocenters. The van der Waals surface area contributed by atoms with Crippen LogP contribution >= 0.6 is 0 Å². The van der Waals surface area contributed by atoms with Crippen LogP contribution in [0, 0.1) is 0 Å². The lowest BCUT2D eigenvalue weighted by molar-refractivity contribution is 0.482. The van der Waals surface area contributed by atoms with Gasteiger partial charge in [0.1, 0.15) is 11.5 Å². The number of para-hydroxylation sites is 2. The van der Waals surface area contributed by atoms with E-state index in [1.807, 2.05) is 36.4 Å². The number of benzene rings is 3. The summed E-state index contributed by atoms with van der Waals surface area (Å²) in [5.74, 6) is 1.49. The van der Waals surface area contributed by atoms with Crippen LogP contribution in [0.15, 0.2) is 83.8 Å². The third kappa shape index (κ3) is 4.20. The average molecular weight is 394 g/mol. The lowest BCUT2D eigenvalue weighted by Crippen LogP contribution is -2.23. The molecule has 0 amide bonds. The van der Waals surface area contributed by atoms with E-state index in [0.29, 0.717) is 17.1 Å². The molecule has 0 spiro atoms. The van der Waals surface area contributed by atoms with Crippen molar-refractivity contribution >= 4 is 15.5 Å². The summed E-state index contributed by atoms with van der Waals surface area (Å²) in [5.41, 5.74) is 2.58. The van der Waals surface area contributed by atoms with Crippen LogP contribution in [0.25, 0.3) is 0 Å². The number of sulfone groups is 1. The summed E-state index contributed by atoms with van der Waals surface area (Å²) < 4.78 is 31.1. The molecule has 0 saturated heterocycles. The fourth-order valence-electron chi connectivity index (χ4n) is 3.54. The maximum Gasteiger partial charge on any atom is 0.178 e. The Labute approximate surface area is 166 Å². The first kappa shape index (κ1) is 18.6. The third-order valence-electron chi connectivity index (χ3n) is 4.99. The van der Waals surface area contributed by atoms with Crippen molar-refractivity contribution in [2.45, 2.75) is 17.7 Å². The van der Waals surface area contributed by atoms with Gasteiger partial charge in [-0.25, -0.2) is 8.42 Å². The second-order valence-corrected chi connectivity index (χ2v) is 9.03. The SMILES string of the molecule is O=S(=O)(CCCN1CCc2ccccc21)c1ccc(Oc2ccccc2)cc1. The molecule has 144 valence electrons. The van der Waals surface area contributed by atoms with E-state index in [9.17, 15) is 8.42 Å². The van der Waals surface area contributed by atoms with Gasteiger partial charge < -0.3 is 9.64 Å². The van der Waals surface area contributed by atoms with Crippen LogP contribution in [-0.4, -0.2) is 27.3 Å². The maximum absolute atomic E-state index is 12.7. The van der Waals surface area contributed by atoms with Crippen LogP contribution in [0.1, 0.15) is 12.0 Å². The van der Waals surface area contributed by atoms with Crippen molar-refractivity contribution in [3.05, 3.63) is 84.4 Å². The highest BCUT2D eigenvalue weighted by atomic mass is 32.2. The molecule has 0 saturated carbocycles. The Balaban J connectivity index is 1.35. The number of ether oxygens (including phenoxy) is 1. The quantitative estimate of drug-likeness (QED) is 0.583. The summed E-state index contributed by atoms with van der Waals surface area (Å²) >= 11 is 0. The first-order chi connectivity index (χ1) is 13.6. The van der Waals surface area contributed by atoms with Gasteiger partial charge in [0.05, 0.1) is 10.6 Å². The largest absolute Gasteiger partial charge is 0.457 e. The number of rotatable bonds is 7. The van der Waals surface area contributed by atoms with Crippen molar-refractivity contribution < 1.29 is 13.2 Å². The topological polar surface area (TPSA) is 46.6 Å². The van der Waals surface area contributed by atoms with Crippen LogP contribution in [-0.2, 0) is 16.3 Å². The summed E-state index contributed by atoms with van der Waals surface area (Å²) in [6.45, 7) is 1.72. The molecule has 0 fully saturated rings. The van der Waals surface area contributed by atoms with E-state index in [2.05, 4.69) is 23.1 Å². The van der Waals surface area contributed by atoms with Gasteiger partial charge in [0.15, 0.2) is 9.84 Å². The molecule has 1 aliphatic heterocycles. The highest BCUT2D eigenvalue weighted by molar-refractivity contribution is 7.91. The summed E-state index contributed by atoms with van der Waals surface area (Å²) in [7, 11) is -3.30. The number of hydrogen-bond acceptors (Lipinski definition) is 4. The Bertz CT molecular complexity index is 1030. The minimum Gasteiger partial charge on any atom is -0.457 e. The molecule has 0 unspecified atom stereocenters. The van der Waals surface area contributed by atoms with E-state index in [4.69, 9.17) is 4.74 Å². The van der Waals surface area contributed by atoms with Crippen molar-refractivity contribution in [1.82, 2.24) is 0 Å². The van der Waals surface area contributed by atoms with Crippen LogP contribution in [0.5, 0.6) is 11.5 Å². The molecular formula is C23H23NO3S. The fourth-order valence-corrected chi connectivity index (χ4v) is 4.84. The normalized spacial score (nSPS) is 13.4. The third-order valence-corrected chi connectivity index (χ3v) is 6.80. The first-order valence-corrected chi connectivity index (χ1v) is 11.2. The van der Waals surface area contributed by atoms with Gasteiger partial charge in [-0.1, -0.05) is 36.4 Å². The lowest BCUT2D eigenvalue weighted by Gasteiger charge is -2.19. The number of hydrogen-bond donors (Lipinski definition) is 0. The lowest BCUT2D eigenvalue weighted by atomic mass is 10.2. The van der Waals surface area contributed by atoms with Crippen molar-refractivity contribution in [1.29, 1.82) is 0 Å². The van der Waals surface area contributed by atoms with Crippen LogP contribution < -0.4 is 9.64 Å². The Morgan fingerprint density at radius 3 is 2.29 bits per heavy atom. The Kier molecular flexibility index (Phi) is 5.35. The van der Waals surface area contributed by atoms with E-state index in [0.717, 1.165) is 25.3 Å².